The van der Waals surface area contributed by atoms with Gasteiger partial charge in [-0.2, -0.15) is 5.10 Å². The molecule has 0 fully saturated rings. The highest BCUT2D eigenvalue weighted by atomic mass is 16.7. The lowest BCUT2D eigenvalue weighted by Gasteiger charge is -2.31. The summed E-state index contributed by atoms with van der Waals surface area (Å²) in [4.78, 5) is 16.1. The van der Waals surface area contributed by atoms with Crippen LogP contribution in [0.15, 0.2) is 91.1 Å². The molecule has 0 radical (unpaired) electrons. The van der Waals surface area contributed by atoms with Crippen molar-refractivity contribution in [3.05, 3.63) is 114 Å². The van der Waals surface area contributed by atoms with Gasteiger partial charge in [-0.25, -0.2) is 9.48 Å². The van der Waals surface area contributed by atoms with Crippen LogP contribution in [-0.2, 0) is 6.54 Å². The number of carbonyl (C=O) groups excluding carboxylic acids is 1. The van der Waals surface area contributed by atoms with Crippen LogP contribution in [0.25, 0.3) is 11.5 Å². The molecule has 7 rings (SSSR count). The molecule has 1 N–H and O–H groups in total. The van der Waals surface area contributed by atoms with E-state index in [-0.39, 0.29) is 12.8 Å². The predicted octanol–water partition coefficient (Wildman–Crippen LogP) is 6.24. The van der Waals surface area contributed by atoms with Crippen LogP contribution in [0.2, 0.25) is 0 Å². The van der Waals surface area contributed by atoms with Crippen LogP contribution in [0.3, 0.4) is 0 Å². The van der Waals surface area contributed by atoms with Gasteiger partial charge in [0.2, 0.25) is 6.79 Å². The zero-order valence-electron chi connectivity index (χ0n) is 22.8. The number of amides is 2. The molecule has 0 saturated carbocycles. The molecule has 41 heavy (non-hydrogen) atoms. The molecule has 2 amide bonds. The number of anilines is 1. The van der Waals surface area contributed by atoms with Crippen molar-refractivity contribution >= 4 is 11.7 Å². The highest BCUT2D eigenvalue weighted by Crippen LogP contribution is 2.40. The van der Waals surface area contributed by atoms with E-state index in [1.807, 2.05) is 96.4 Å². The number of aromatic nitrogens is 3. The zero-order chi connectivity index (χ0) is 27.9. The summed E-state index contributed by atoms with van der Waals surface area (Å²) in [5.74, 6) is 2.94. The second kappa shape index (κ2) is 10.1. The Balaban J connectivity index is 1.37. The third kappa shape index (κ3) is 4.35. The van der Waals surface area contributed by atoms with Gasteiger partial charge in [-0.1, -0.05) is 30.3 Å². The first-order valence-corrected chi connectivity index (χ1v) is 13.6. The molecule has 3 aromatic carbocycles. The number of fused-ring (bicyclic) bond motifs is 4. The Hall–Kier alpha value is -5.18. The van der Waals surface area contributed by atoms with E-state index in [2.05, 4.69) is 16.0 Å². The van der Waals surface area contributed by atoms with Gasteiger partial charge >= 0.3 is 6.03 Å². The first kappa shape index (κ1) is 24.8. The number of benzene rings is 3. The van der Waals surface area contributed by atoms with Crippen molar-refractivity contribution in [3.8, 4) is 28.8 Å². The highest BCUT2D eigenvalue weighted by molar-refractivity contribution is 5.90. The van der Waals surface area contributed by atoms with Gasteiger partial charge in [0.15, 0.2) is 11.5 Å². The van der Waals surface area contributed by atoms with E-state index in [4.69, 9.17) is 19.3 Å². The van der Waals surface area contributed by atoms with Crippen molar-refractivity contribution in [2.45, 2.75) is 26.4 Å². The van der Waals surface area contributed by atoms with Gasteiger partial charge in [0, 0.05) is 23.5 Å². The summed E-state index contributed by atoms with van der Waals surface area (Å²) in [7, 11) is 0. The number of hydrogen-bond donors (Lipinski definition) is 1. The average molecular weight is 548 g/mol. The quantitative estimate of drug-likeness (QED) is 0.282. The Morgan fingerprint density at radius 3 is 2.71 bits per heavy atom. The van der Waals surface area contributed by atoms with Gasteiger partial charge in [0.05, 0.1) is 36.3 Å². The molecule has 0 spiro atoms. The summed E-state index contributed by atoms with van der Waals surface area (Å²) in [5, 5.41) is 8.03. The maximum absolute atomic E-state index is 14.2. The number of nitrogens with one attached hydrogen (secondary N) is 1. The van der Waals surface area contributed by atoms with Crippen LogP contribution in [0.4, 0.5) is 10.5 Å². The first-order chi connectivity index (χ1) is 20.1. The van der Waals surface area contributed by atoms with Gasteiger partial charge in [-0.15, -0.1) is 0 Å². The number of hydrogen-bond acceptors (Lipinski definition) is 5. The van der Waals surface area contributed by atoms with Crippen molar-refractivity contribution in [2.24, 2.45) is 0 Å². The number of urea groups is 1. The van der Waals surface area contributed by atoms with Crippen LogP contribution in [0.1, 0.15) is 35.5 Å². The SMILES string of the molecule is CCOc1cccc([C@H]2c3cccn3-c3c(c(C)nn3-c3ccccc3)CN2C(=O)Nc2ccc3c(c2)OCO3)c1. The van der Waals surface area contributed by atoms with Gasteiger partial charge in [-0.05, 0) is 67.9 Å². The molecule has 9 nitrogen and oxygen atoms in total. The Kier molecular flexibility index (Phi) is 6.11. The first-order valence-electron chi connectivity index (χ1n) is 13.6. The number of para-hydroxylation sites is 1. The molecular weight excluding hydrogens is 518 g/mol. The minimum absolute atomic E-state index is 0.168. The molecule has 5 aromatic rings. The van der Waals surface area contributed by atoms with Crippen LogP contribution < -0.4 is 19.5 Å². The smallest absolute Gasteiger partial charge is 0.322 e. The van der Waals surface area contributed by atoms with Crippen LogP contribution >= 0.6 is 0 Å². The third-order valence-corrected chi connectivity index (χ3v) is 7.46. The topological polar surface area (TPSA) is 82.8 Å². The average Bonchev–Trinajstić information content (AvgIpc) is 3.71. The maximum atomic E-state index is 14.2. The van der Waals surface area contributed by atoms with Crippen molar-refractivity contribution in [1.82, 2.24) is 19.2 Å². The fourth-order valence-electron chi connectivity index (χ4n) is 5.61. The Morgan fingerprint density at radius 1 is 1.00 bits per heavy atom. The summed E-state index contributed by atoms with van der Waals surface area (Å²) in [6.45, 7) is 5.02. The summed E-state index contributed by atoms with van der Waals surface area (Å²) in [6, 6.07) is 26.8. The van der Waals surface area contributed by atoms with E-state index in [9.17, 15) is 4.79 Å². The molecule has 206 valence electrons. The minimum atomic E-state index is -0.407. The van der Waals surface area contributed by atoms with Crippen molar-refractivity contribution in [3.63, 3.8) is 0 Å². The third-order valence-electron chi connectivity index (χ3n) is 7.46. The standard InChI is InChI=1S/C32H29N5O4/c1-3-39-25-12-7-9-22(17-25)30-27-13-8-16-35(27)31-26(21(2)34-37(31)24-10-5-4-6-11-24)19-36(30)32(38)33-23-14-15-28-29(18-23)41-20-40-28/h4-18,30H,3,19-20H2,1-2H3,(H,33,38)/t30-/m0/s1. The monoisotopic (exact) mass is 547 g/mol. The normalized spacial score (nSPS) is 15.2. The van der Waals surface area contributed by atoms with E-state index in [0.717, 1.165) is 39.8 Å². The second-order valence-corrected chi connectivity index (χ2v) is 9.97. The summed E-state index contributed by atoms with van der Waals surface area (Å²) in [5.41, 5.74) is 5.28. The van der Waals surface area contributed by atoms with Crippen LogP contribution in [0, 0.1) is 6.92 Å². The molecule has 2 aromatic heterocycles. The molecule has 0 aliphatic carbocycles. The lowest BCUT2D eigenvalue weighted by molar-refractivity contribution is 0.174. The lowest BCUT2D eigenvalue weighted by atomic mass is 10.0. The molecule has 1 atom stereocenters. The molecule has 2 aliphatic rings. The molecule has 0 unspecified atom stereocenters. The molecule has 0 saturated heterocycles. The Bertz CT molecular complexity index is 1740. The van der Waals surface area contributed by atoms with E-state index >= 15 is 0 Å². The number of carbonyl (C=O) groups is 1. The summed E-state index contributed by atoms with van der Waals surface area (Å²) in [6.07, 6.45) is 2.04. The maximum Gasteiger partial charge on any atom is 0.322 e. The molecule has 2 aliphatic heterocycles. The largest absolute Gasteiger partial charge is 0.494 e. The fraction of sp³-hybridized carbons (Fsp3) is 0.188. The van der Waals surface area contributed by atoms with Gasteiger partial charge in [0.1, 0.15) is 11.6 Å². The summed E-state index contributed by atoms with van der Waals surface area (Å²) >= 11 is 0. The van der Waals surface area contributed by atoms with Crippen LogP contribution in [0.5, 0.6) is 17.2 Å². The zero-order valence-corrected chi connectivity index (χ0v) is 22.8. The Morgan fingerprint density at radius 2 is 1.85 bits per heavy atom. The van der Waals surface area contributed by atoms with Crippen molar-refractivity contribution in [2.75, 3.05) is 18.7 Å². The number of ether oxygens (including phenoxy) is 3. The fourth-order valence-corrected chi connectivity index (χ4v) is 5.61. The Labute approximate surface area is 237 Å². The van der Waals surface area contributed by atoms with E-state index in [0.29, 0.717) is 30.3 Å². The number of rotatable bonds is 5. The van der Waals surface area contributed by atoms with Crippen molar-refractivity contribution < 1.29 is 19.0 Å². The lowest BCUT2D eigenvalue weighted by Crippen LogP contribution is -2.38. The minimum Gasteiger partial charge on any atom is -0.494 e. The number of nitrogens with zero attached hydrogens (tertiary/aromatic N) is 4. The molecule has 4 heterocycles. The molecule has 0 bridgehead atoms. The van der Waals surface area contributed by atoms with E-state index in [1.54, 1.807) is 12.1 Å². The van der Waals surface area contributed by atoms with Gasteiger partial charge in [-0.3, -0.25) is 0 Å². The van der Waals surface area contributed by atoms with E-state index < -0.39 is 6.04 Å². The van der Waals surface area contributed by atoms with Crippen molar-refractivity contribution in [1.29, 1.82) is 0 Å². The van der Waals surface area contributed by atoms with E-state index in [1.165, 1.54) is 0 Å². The van der Waals surface area contributed by atoms with Gasteiger partial charge < -0.3 is 29.0 Å². The number of aryl methyl sites for hydroxylation is 1. The van der Waals surface area contributed by atoms with Crippen LogP contribution in [-0.4, -0.2) is 38.7 Å². The molecular formula is C32H29N5O4. The summed E-state index contributed by atoms with van der Waals surface area (Å²) < 4.78 is 20.9. The molecule has 9 heteroatoms. The second-order valence-electron chi connectivity index (χ2n) is 9.97. The van der Waals surface area contributed by atoms with Gasteiger partial charge in [0.25, 0.3) is 0 Å². The predicted molar refractivity (Wildman–Crippen MR) is 154 cm³/mol. The highest BCUT2D eigenvalue weighted by Gasteiger charge is 2.36.